The first-order valence-corrected chi connectivity index (χ1v) is 4.00. The van der Waals surface area contributed by atoms with Gasteiger partial charge in [0.2, 0.25) is 0 Å². The summed E-state index contributed by atoms with van der Waals surface area (Å²) in [6.45, 7) is 1.36. The molecule has 1 rings (SSSR count). The maximum Gasteiger partial charge on any atom is 0.302 e. The Balaban J connectivity index is 2.28. The number of rotatable bonds is 1. The number of hydrogen-bond donors (Lipinski definition) is 0. The summed E-state index contributed by atoms with van der Waals surface area (Å²) in [7, 11) is 0. The largest absolute Gasteiger partial charge is 0.462 e. The Kier molecular flexibility index (Phi) is 2.85. The monoisotopic (exact) mass is 160 g/mol. The second kappa shape index (κ2) is 3.69. The highest BCUT2D eigenvalue weighted by Gasteiger charge is 2.23. The molecular formula is C8H13FO2. The van der Waals surface area contributed by atoms with E-state index in [2.05, 4.69) is 0 Å². The quantitative estimate of drug-likeness (QED) is 0.547. The first kappa shape index (κ1) is 8.50. The smallest absolute Gasteiger partial charge is 0.302 e. The van der Waals surface area contributed by atoms with Crippen LogP contribution in [0.2, 0.25) is 0 Å². The molecule has 2 nitrogen and oxygen atoms in total. The molecule has 0 aromatic carbocycles. The standard InChI is InChI=1S/C8H13FO2/c1-6(10)11-8-4-2-3-7(9)5-8/h7-8H,2-5H2,1H3. The molecule has 0 aromatic heterocycles. The molecule has 1 saturated carbocycles. The van der Waals surface area contributed by atoms with E-state index in [9.17, 15) is 9.18 Å². The first-order valence-electron chi connectivity index (χ1n) is 4.00. The lowest BCUT2D eigenvalue weighted by molar-refractivity contribution is -0.148. The van der Waals surface area contributed by atoms with E-state index < -0.39 is 6.17 Å². The third-order valence-electron chi connectivity index (χ3n) is 1.89. The van der Waals surface area contributed by atoms with Gasteiger partial charge in [0.1, 0.15) is 12.3 Å². The molecule has 0 saturated heterocycles. The van der Waals surface area contributed by atoms with Gasteiger partial charge in [-0.2, -0.15) is 0 Å². The fourth-order valence-corrected chi connectivity index (χ4v) is 1.43. The molecule has 0 radical (unpaired) electrons. The molecule has 0 aliphatic heterocycles. The fraction of sp³-hybridized carbons (Fsp3) is 0.875. The van der Waals surface area contributed by atoms with E-state index in [-0.39, 0.29) is 12.1 Å². The van der Waals surface area contributed by atoms with Crippen molar-refractivity contribution in [3.63, 3.8) is 0 Å². The topological polar surface area (TPSA) is 26.3 Å². The minimum atomic E-state index is -0.770. The van der Waals surface area contributed by atoms with Crippen LogP contribution >= 0.6 is 0 Å². The lowest BCUT2D eigenvalue weighted by atomic mass is 9.96. The predicted molar refractivity (Wildman–Crippen MR) is 38.9 cm³/mol. The van der Waals surface area contributed by atoms with Gasteiger partial charge in [0, 0.05) is 13.3 Å². The third kappa shape index (κ3) is 2.87. The van der Waals surface area contributed by atoms with Crippen LogP contribution in [0.25, 0.3) is 0 Å². The van der Waals surface area contributed by atoms with Gasteiger partial charge in [0.25, 0.3) is 0 Å². The van der Waals surface area contributed by atoms with Crippen molar-refractivity contribution < 1.29 is 13.9 Å². The van der Waals surface area contributed by atoms with Gasteiger partial charge >= 0.3 is 5.97 Å². The van der Waals surface area contributed by atoms with E-state index in [1.165, 1.54) is 6.92 Å². The molecule has 2 unspecified atom stereocenters. The Morgan fingerprint density at radius 2 is 2.27 bits per heavy atom. The average Bonchev–Trinajstić information content (AvgIpc) is 1.85. The summed E-state index contributed by atoms with van der Waals surface area (Å²) in [4.78, 5) is 10.5. The Hall–Kier alpha value is -0.600. The lowest BCUT2D eigenvalue weighted by Crippen LogP contribution is -2.25. The number of esters is 1. The Bertz CT molecular complexity index is 147. The molecule has 64 valence electrons. The van der Waals surface area contributed by atoms with Crippen LogP contribution in [0.3, 0.4) is 0 Å². The van der Waals surface area contributed by atoms with Crippen LogP contribution in [-0.4, -0.2) is 18.2 Å². The molecule has 0 N–H and O–H groups in total. The molecule has 0 spiro atoms. The minimum absolute atomic E-state index is 0.170. The predicted octanol–water partition coefficient (Wildman–Crippen LogP) is 1.83. The van der Waals surface area contributed by atoms with E-state index in [0.29, 0.717) is 12.8 Å². The minimum Gasteiger partial charge on any atom is -0.462 e. The van der Waals surface area contributed by atoms with Crippen LogP contribution < -0.4 is 0 Å². The zero-order chi connectivity index (χ0) is 8.27. The van der Waals surface area contributed by atoms with Crippen LogP contribution in [0.5, 0.6) is 0 Å². The molecule has 0 bridgehead atoms. The maximum atomic E-state index is 12.7. The number of ether oxygens (including phenoxy) is 1. The molecule has 1 fully saturated rings. The van der Waals surface area contributed by atoms with Gasteiger partial charge in [-0.1, -0.05) is 0 Å². The van der Waals surface area contributed by atoms with Crippen molar-refractivity contribution in [2.75, 3.05) is 0 Å². The van der Waals surface area contributed by atoms with Gasteiger partial charge in [-0.25, -0.2) is 4.39 Å². The molecule has 1 aliphatic rings. The summed E-state index contributed by atoms with van der Waals surface area (Å²) in [6, 6.07) is 0. The van der Waals surface area contributed by atoms with Crippen molar-refractivity contribution in [3.8, 4) is 0 Å². The Morgan fingerprint density at radius 3 is 2.82 bits per heavy atom. The highest BCUT2D eigenvalue weighted by atomic mass is 19.1. The van der Waals surface area contributed by atoms with E-state index in [1.54, 1.807) is 0 Å². The van der Waals surface area contributed by atoms with Gasteiger partial charge in [-0.3, -0.25) is 4.79 Å². The lowest BCUT2D eigenvalue weighted by Gasteiger charge is -2.23. The molecule has 11 heavy (non-hydrogen) atoms. The second-order valence-corrected chi connectivity index (χ2v) is 3.00. The van der Waals surface area contributed by atoms with Crippen LogP contribution in [0.15, 0.2) is 0 Å². The molecule has 2 atom stereocenters. The normalized spacial score (nSPS) is 31.5. The van der Waals surface area contributed by atoms with Gasteiger partial charge in [0.05, 0.1) is 0 Å². The molecule has 0 aromatic rings. The number of carbonyl (C=O) groups excluding carboxylic acids is 1. The van der Waals surface area contributed by atoms with E-state index >= 15 is 0 Å². The van der Waals surface area contributed by atoms with Crippen molar-refractivity contribution in [1.29, 1.82) is 0 Å². The molecule has 0 heterocycles. The summed E-state index contributed by atoms with van der Waals surface area (Å²) >= 11 is 0. The van der Waals surface area contributed by atoms with Crippen LogP contribution in [-0.2, 0) is 9.53 Å². The third-order valence-corrected chi connectivity index (χ3v) is 1.89. The molecular weight excluding hydrogens is 147 g/mol. The van der Waals surface area contributed by atoms with E-state index in [0.717, 1.165) is 12.8 Å². The molecule has 1 aliphatic carbocycles. The Morgan fingerprint density at radius 1 is 1.55 bits per heavy atom. The van der Waals surface area contributed by atoms with Crippen molar-refractivity contribution in [1.82, 2.24) is 0 Å². The number of hydrogen-bond acceptors (Lipinski definition) is 2. The Labute approximate surface area is 65.7 Å². The summed E-state index contributed by atoms with van der Waals surface area (Å²) in [5, 5.41) is 0. The first-order chi connectivity index (χ1) is 5.18. The molecule has 0 amide bonds. The van der Waals surface area contributed by atoms with Gasteiger partial charge < -0.3 is 4.74 Å². The zero-order valence-electron chi connectivity index (χ0n) is 6.68. The second-order valence-electron chi connectivity index (χ2n) is 3.00. The van der Waals surface area contributed by atoms with Crippen LogP contribution in [0.4, 0.5) is 4.39 Å². The van der Waals surface area contributed by atoms with Crippen LogP contribution in [0.1, 0.15) is 32.6 Å². The average molecular weight is 160 g/mol. The van der Waals surface area contributed by atoms with E-state index in [1.807, 2.05) is 0 Å². The summed E-state index contributed by atoms with van der Waals surface area (Å²) in [5.74, 6) is -0.302. The van der Waals surface area contributed by atoms with Crippen molar-refractivity contribution in [2.45, 2.75) is 44.9 Å². The summed E-state index contributed by atoms with van der Waals surface area (Å²) in [5.41, 5.74) is 0. The van der Waals surface area contributed by atoms with Crippen molar-refractivity contribution >= 4 is 5.97 Å². The highest BCUT2D eigenvalue weighted by molar-refractivity contribution is 5.66. The number of halogens is 1. The fourth-order valence-electron chi connectivity index (χ4n) is 1.43. The van der Waals surface area contributed by atoms with E-state index in [4.69, 9.17) is 4.74 Å². The molecule has 3 heteroatoms. The number of carbonyl (C=O) groups is 1. The summed E-state index contributed by atoms with van der Waals surface area (Å²) in [6.07, 6.45) is 1.72. The summed E-state index contributed by atoms with van der Waals surface area (Å²) < 4.78 is 17.6. The van der Waals surface area contributed by atoms with Crippen molar-refractivity contribution in [2.24, 2.45) is 0 Å². The highest BCUT2D eigenvalue weighted by Crippen LogP contribution is 2.23. The van der Waals surface area contributed by atoms with Gasteiger partial charge in [-0.15, -0.1) is 0 Å². The SMILES string of the molecule is CC(=O)OC1CCCC(F)C1. The zero-order valence-corrected chi connectivity index (χ0v) is 6.68. The van der Waals surface area contributed by atoms with Crippen LogP contribution in [0, 0.1) is 0 Å². The maximum absolute atomic E-state index is 12.7. The van der Waals surface area contributed by atoms with Crippen molar-refractivity contribution in [3.05, 3.63) is 0 Å². The number of alkyl halides is 1. The van der Waals surface area contributed by atoms with Gasteiger partial charge in [-0.05, 0) is 19.3 Å². The van der Waals surface area contributed by atoms with Gasteiger partial charge in [0.15, 0.2) is 0 Å².